The lowest BCUT2D eigenvalue weighted by Gasteiger charge is -2.17. The molecule has 112 valence electrons. The van der Waals surface area contributed by atoms with E-state index in [0.29, 0.717) is 18.6 Å². The Labute approximate surface area is 128 Å². The third kappa shape index (κ3) is 4.91. The molecule has 0 aliphatic carbocycles. The molecule has 0 aliphatic heterocycles. The first-order valence-electron chi connectivity index (χ1n) is 7.63. The molecule has 2 rings (SSSR count). The van der Waals surface area contributed by atoms with Crippen LogP contribution in [-0.4, -0.2) is 19.7 Å². The van der Waals surface area contributed by atoms with E-state index in [1.165, 1.54) is 11.1 Å². The van der Waals surface area contributed by atoms with Crippen LogP contribution in [0.1, 0.15) is 30.9 Å². The molecule has 21 heavy (non-hydrogen) atoms. The molecule has 1 unspecified atom stereocenters. The largest absolute Gasteiger partial charge is 0.492 e. The fourth-order valence-electron chi connectivity index (χ4n) is 2.28. The first kappa shape index (κ1) is 15.6. The van der Waals surface area contributed by atoms with Crippen molar-refractivity contribution in [3.63, 3.8) is 0 Å². The molecule has 0 radical (unpaired) electrons. The average molecular weight is 283 g/mol. The highest BCUT2D eigenvalue weighted by molar-refractivity contribution is 5.25. The molecule has 0 spiro atoms. The number of nitrogens with one attached hydrogen (secondary N) is 1. The Morgan fingerprint density at radius 1 is 0.952 bits per heavy atom. The van der Waals surface area contributed by atoms with E-state index in [4.69, 9.17) is 4.74 Å². The predicted molar refractivity (Wildman–Crippen MR) is 89.0 cm³/mol. The normalized spacial score (nSPS) is 12.4. The Kier molecular flexibility index (Phi) is 5.82. The zero-order valence-electron chi connectivity index (χ0n) is 13.2. The number of ether oxygens (including phenoxy) is 1. The molecule has 0 saturated heterocycles. The summed E-state index contributed by atoms with van der Waals surface area (Å²) >= 11 is 0. The van der Waals surface area contributed by atoms with Gasteiger partial charge in [-0.05, 0) is 42.6 Å². The second-order valence-electron chi connectivity index (χ2n) is 5.71. The van der Waals surface area contributed by atoms with Crippen LogP contribution in [0.25, 0.3) is 0 Å². The number of hydrogen-bond acceptors (Lipinski definition) is 2. The van der Waals surface area contributed by atoms with Crippen LogP contribution in [0.5, 0.6) is 5.75 Å². The fraction of sp³-hybridized carbons (Fsp3) is 0.368. The van der Waals surface area contributed by atoms with E-state index in [9.17, 15) is 0 Å². The van der Waals surface area contributed by atoms with Gasteiger partial charge in [0, 0.05) is 6.04 Å². The number of para-hydroxylation sites is 1. The SMILES string of the molecule is CNC(COc1ccccc1)Cc1ccc(C(C)C)cc1. The van der Waals surface area contributed by atoms with Gasteiger partial charge in [0.15, 0.2) is 0 Å². The Morgan fingerprint density at radius 3 is 2.19 bits per heavy atom. The minimum absolute atomic E-state index is 0.315. The zero-order valence-corrected chi connectivity index (χ0v) is 13.2. The smallest absolute Gasteiger partial charge is 0.119 e. The first-order valence-corrected chi connectivity index (χ1v) is 7.63. The number of hydrogen-bond donors (Lipinski definition) is 1. The van der Waals surface area contributed by atoms with E-state index in [0.717, 1.165) is 12.2 Å². The van der Waals surface area contributed by atoms with Gasteiger partial charge in [-0.2, -0.15) is 0 Å². The molecule has 2 aromatic rings. The van der Waals surface area contributed by atoms with Crippen molar-refractivity contribution in [1.29, 1.82) is 0 Å². The van der Waals surface area contributed by atoms with Gasteiger partial charge in [0.1, 0.15) is 12.4 Å². The second kappa shape index (κ2) is 7.84. The lowest BCUT2D eigenvalue weighted by atomic mass is 9.99. The van der Waals surface area contributed by atoms with E-state index >= 15 is 0 Å². The van der Waals surface area contributed by atoms with Gasteiger partial charge in [0.25, 0.3) is 0 Å². The van der Waals surface area contributed by atoms with E-state index < -0.39 is 0 Å². The molecule has 2 nitrogen and oxygen atoms in total. The number of benzene rings is 2. The Hall–Kier alpha value is -1.80. The summed E-state index contributed by atoms with van der Waals surface area (Å²) in [6.07, 6.45) is 0.974. The van der Waals surface area contributed by atoms with Crippen LogP contribution in [0.15, 0.2) is 54.6 Å². The van der Waals surface area contributed by atoms with Crippen molar-refractivity contribution in [2.75, 3.05) is 13.7 Å². The van der Waals surface area contributed by atoms with Gasteiger partial charge in [-0.25, -0.2) is 0 Å². The number of rotatable bonds is 7. The van der Waals surface area contributed by atoms with Crippen LogP contribution in [0, 0.1) is 0 Å². The molecule has 0 bridgehead atoms. The van der Waals surface area contributed by atoms with Crippen LogP contribution >= 0.6 is 0 Å². The van der Waals surface area contributed by atoms with Crippen LogP contribution in [0.4, 0.5) is 0 Å². The van der Waals surface area contributed by atoms with Gasteiger partial charge < -0.3 is 10.1 Å². The quantitative estimate of drug-likeness (QED) is 0.828. The maximum absolute atomic E-state index is 5.83. The summed E-state index contributed by atoms with van der Waals surface area (Å²) in [7, 11) is 1.99. The van der Waals surface area contributed by atoms with E-state index in [2.05, 4.69) is 43.4 Å². The predicted octanol–water partition coefficient (Wildman–Crippen LogP) is 4.02. The number of likely N-dealkylation sites (N-methyl/N-ethyl adjacent to an activating group) is 1. The first-order chi connectivity index (χ1) is 10.2. The summed E-state index contributed by atoms with van der Waals surface area (Å²) in [5.41, 5.74) is 2.73. The molecular weight excluding hydrogens is 258 g/mol. The summed E-state index contributed by atoms with van der Waals surface area (Å²) in [5.74, 6) is 1.51. The van der Waals surface area contributed by atoms with Crippen molar-refractivity contribution >= 4 is 0 Å². The highest BCUT2D eigenvalue weighted by Crippen LogP contribution is 2.16. The van der Waals surface area contributed by atoms with Crippen molar-refractivity contribution in [2.45, 2.75) is 32.2 Å². The van der Waals surface area contributed by atoms with E-state index in [-0.39, 0.29) is 0 Å². The minimum Gasteiger partial charge on any atom is -0.492 e. The minimum atomic E-state index is 0.315. The van der Waals surface area contributed by atoms with E-state index in [1.54, 1.807) is 0 Å². The average Bonchev–Trinajstić information content (AvgIpc) is 2.53. The lowest BCUT2D eigenvalue weighted by Crippen LogP contribution is -2.33. The Balaban J connectivity index is 1.89. The molecule has 0 aliphatic rings. The third-order valence-electron chi connectivity index (χ3n) is 3.73. The third-order valence-corrected chi connectivity index (χ3v) is 3.73. The van der Waals surface area contributed by atoms with Gasteiger partial charge in [-0.15, -0.1) is 0 Å². The molecule has 0 heterocycles. The van der Waals surface area contributed by atoms with Crippen molar-refractivity contribution in [3.8, 4) is 5.75 Å². The summed E-state index contributed by atoms with van der Waals surface area (Å²) in [6.45, 7) is 5.12. The molecule has 0 saturated carbocycles. The summed E-state index contributed by atoms with van der Waals surface area (Å²) in [4.78, 5) is 0. The van der Waals surface area contributed by atoms with Crippen molar-refractivity contribution < 1.29 is 4.74 Å². The molecule has 0 fully saturated rings. The Morgan fingerprint density at radius 2 is 1.62 bits per heavy atom. The van der Waals surface area contributed by atoms with Gasteiger partial charge in [0.2, 0.25) is 0 Å². The Bertz CT molecular complexity index is 519. The topological polar surface area (TPSA) is 21.3 Å². The molecule has 2 aromatic carbocycles. The monoisotopic (exact) mass is 283 g/mol. The second-order valence-corrected chi connectivity index (χ2v) is 5.71. The maximum Gasteiger partial charge on any atom is 0.119 e. The summed E-state index contributed by atoms with van der Waals surface area (Å²) in [5, 5.41) is 3.33. The molecule has 0 aromatic heterocycles. The van der Waals surface area contributed by atoms with Gasteiger partial charge in [-0.1, -0.05) is 56.3 Å². The fourth-order valence-corrected chi connectivity index (χ4v) is 2.28. The highest BCUT2D eigenvalue weighted by Gasteiger charge is 2.09. The van der Waals surface area contributed by atoms with Crippen molar-refractivity contribution in [3.05, 3.63) is 65.7 Å². The maximum atomic E-state index is 5.83. The zero-order chi connectivity index (χ0) is 15.1. The van der Waals surface area contributed by atoms with Crippen LogP contribution in [0.2, 0.25) is 0 Å². The van der Waals surface area contributed by atoms with Crippen LogP contribution < -0.4 is 10.1 Å². The van der Waals surface area contributed by atoms with Crippen molar-refractivity contribution in [2.24, 2.45) is 0 Å². The van der Waals surface area contributed by atoms with Crippen LogP contribution in [-0.2, 0) is 6.42 Å². The molecule has 0 amide bonds. The van der Waals surface area contributed by atoms with Gasteiger partial charge >= 0.3 is 0 Å². The van der Waals surface area contributed by atoms with Crippen molar-refractivity contribution in [1.82, 2.24) is 5.32 Å². The molecular formula is C19H25NO. The summed E-state index contributed by atoms with van der Waals surface area (Å²) < 4.78 is 5.83. The molecule has 1 N–H and O–H groups in total. The van der Waals surface area contributed by atoms with Gasteiger partial charge in [-0.3, -0.25) is 0 Å². The molecule has 2 heteroatoms. The lowest BCUT2D eigenvalue weighted by molar-refractivity contribution is 0.270. The molecule has 1 atom stereocenters. The van der Waals surface area contributed by atoms with Crippen LogP contribution in [0.3, 0.4) is 0 Å². The standard InChI is InChI=1S/C19H25NO/c1-15(2)17-11-9-16(10-12-17)13-18(20-3)14-21-19-7-5-4-6-8-19/h4-12,15,18,20H,13-14H2,1-3H3. The van der Waals surface area contributed by atoms with E-state index in [1.807, 2.05) is 37.4 Å². The van der Waals surface area contributed by atoms with Gasteiger partial charge in [0.05, 0.1) is 0 Å². The summed E-state index contributed by atoms with van der Waals surface area (Å²) in [6, 6.07) is 19.2. The highest BCUT2D eigenvalue weighted by atomic mass is 16.5.